The van der Waals surface area contributed by atoms with Gasteiger partial charge in [-0.2, -0.15) is 17.5 Å². The molecule has 4 unspecified atom stereocenters. The van der Waals surface area contributed by atoms with Gasteiger partial charge in [-0.05, 0) is 268 Å². The van der Waals surface area contributed by atoms with Crippen molar-refractivity contribution in [2.24, 2.45) is 23.7 Å². The van der Waals surface area contributed by atoms with Gasteiger partial charge in [0.2, 0.25) is 9.84 Å². The number of rotatable bonds is 53. The van der Waals surface area contributed by atoms with Crippen molar-refractivity contribution in [3.05, 3.63) is 164 Å². The molecule has 4 atom stereocenters. The number of benzene rings is 2. The van der Waals surface area contributed by atoms with Crippen LogP contribution in [0.4, 0.5) is 0 Å². The summed E-state index contributed by atoms with van der Waals surface area (Å²) in [6, 6.07) is 37.8. The minimum Gasteiger partial charge on any atom is -0.219 e. The fraction of sp³-hybridized carbons (Fsp3) is 0.581. The number of nitrogens with zero attached hydrogens (tertiary/aromatic N) is 4. The van der Waals surface area contributed by atoms with Crippen molar-refractivity contribution in [3.8, 4) is 69.7 Å². The largest absolute Gasteiger partial charge is 0.219 e. The summed E-state index contributed by atoms with van der Waals surface area (Å²) in [4.78, 5) is 27.6. The maximum atomic E-state index is 13.1. The van der Waals surface area contributed by atoms with Crippen LogP contribution in [0.5, 0.6) is 0 Å². The highest BCUT2D eigenvalue weighted by molar-refractivity contribution is 8.04. The van der Waals surface area contributed by atoms with E-state index in [1.54, 1.807) is 96.0 Å². The predicted octanol–water partition coefficient (Wildman–Crippen LogP) is 41.6. The first-order valence-electron chi connectivity index (χ1n) is 57.0. The molecule has 20 heteroatoms. The Labute approximate surface area is 917 Å². The minimum atomic E-state index is -3.36. The van der Waals surface area contributed by atoms with Gasteiger partial charge in [0.25, 0.3) is 0 Å². The number of aryl methyl sites for hydroxylation is 8. The molecule has 0 amide bonds. The molecule has 3 aliphatic heterocycles. The topological polar surface area (TPSA) is 85.7 Å². The number of unbranched alkanes of at least 4 members (excludes halogenated alkanes) is 19. The van der Waals surface area contributed by atoms with Crippen LogP contribution in [-0.2, 0) is 27.1 Å². The maximum Gasteiger partial charge on any atom is 0.203 e. The third-order valence-electron chi connectivity index (χ3n) is 33.6. The smallest absolute Gasteiger partial charge is 0.203 e. The van der Waals surface area contributed by atoms with Crippen molar-refractivity contribution in [1.29, 1.82) is 0 Å². The van der Waals surface area contributed by atoms with Gasteiger partial charge < -0.3 is 0 Å². The van der Waals surface area contributed by atoms with Crippen LogP contribution in [0.15, 0.2) is 95.9 Å². The van der Waals surface area contributed by atoms with E-state index < -0.39 is 26.0 Å². The highest BCUT2D eigenvalue weighted by atomic mass is 32.2. The van der Waals surface area contributed by atoms with E-state index in [0.717, 1.165) is 38.8 Å². The van der Waals surface area contributed by atoms with E-state index in [2.05, 4.69) is 260 Å². The lowest BCUT2D eigenvalue weighted by atomic mass is 9.65. The molecule has 14 heterocycles. The molecule has 11 aromatic heterocycles. The van der Waals surface area contributed by atoms with Crippen molar-refractivity contribution < 1.29 is 8.42 Å². The summed E-state index contributed by atoms with van der Waals surface area (Å²) in [5.41, 5.74) is 17.3. The lowest BCUT2D eigenvalue weighted by Gasteiger charge is -2.37. The molecule has 0 N–H and O–H groups in total. The van der Waals surface area contributed by atoms with E-state index in [0.29, 0.717) is 21.6 Å². The summed E-state index contributed by atoms with van der Waals surface area (Å²) in [5, 5.41) is 7.18. The second-order valence-electron chi connectivity index (χ2n) is 44.0. The van der Waals surface area contributed by atoms with Gasteiger partial charge in [-0.15, -0.1) is 102 Å². The van der Waals surface area contributed by atoms with E-state index in [-0.39, 0.29) is 10.8 Å². The molecule has 2 aliphatic carbocycles. The van der Waals surface area contributed by atoms with Gasteiger partial charge in [0.05, 0.1) is 28.4 Å². The van der Waals surface area contributed by atoms with E-state index in [4.69, 9.17) is 8.75 Å². The molecular formula is C124H172N4O2S12Si2. The van der Waals surface area contributed by atoms with Crippen molar-refractivity contribution in [1.82, 2.24) is 17.5 Å². The van der Waals surface area contributed by atoms with Crippen molar-refractivity contribution in [2.45, 2.75) is 444 Å². The summed E-state index contributed by atoms with van der Waals surface area (Å²) in [7, 11) is -6.78. The predicted molar refractivity (Wildman–Crippen MR) is 657 cm³/mol. The summed E-state index contributed by atoms with van der Waals surface area (Å²) < 4.78 is 44.9. The molecular weight excluding hydrogens is 2020 g/mol. The number of fused-ring (bicyclic) bond motifs is 14. The van der Waals surface area contributed by atoms with Crippen molar-refractivity contribution >= 4 is 199 Å². The number of hydrogen-bond acceptors (Lipinski definition) is 17. The van der Waals surface area contributed by atoms with Gasteiger partial charge in [-0.3, -0.25) is 0 Å². The Bertz CT molecular complexity index is 6500. The van der Waals surface area contributed by atoms with Gasteiger partial charge >= 0.3 is 0 Å². The highest BCUT2D eigenvalue weighted by Crippen LogP contribution is 2.65. The van der Waals surface area contributed by atoms with Crippen LogP contribution in [0.2, 0.25) is 24.2 Å². The van der Waals surface area contributed by atoms with Crippen molar-refractivity contribution in [2.75, 3.05) is 0 Å². The monoisotopic (exact) mass is 2190 g/mol. The highest BCUT2D eigenvalue weighted by Gasteiger charge is 2.53. The molecule has 0 spiro atoms. The van der Waals surface area contributed by atoms with Crippen LogP contribution in [0.25, 0.3) is 96.6 Å². The third-order valence-corrected chi connectivity index (χ3v) is 58.8. The van der Waals surface area contributed by atoms with Crippen LogP contribution in [0.1, 0.15) is 422 Å². The third kappa shape index (κ3) is 24.2. The zero-order chi connectivity index (χ0) is 102. The first-order chi connectivity index (χ1) is 69.8. The van der Waals surface area contributed by atoms with Gasteiger partial charge in [0, 0.05) is 115 Å². The Hall–Kier alpha value is -4.76. The number of hydrogen-bond donors (Lipinski definition) is 0. The number of sulfone groups is 1. The molecule has 13 aromatic rings. The maximum absolute atomic E-state index is 13.1. The Morgan fingerprint density at radius 1 is 0.299 bits per heavy atom. The second kappa shape index (κ2) is 52.2. The fourth-order valence-electron chi connectivity index (χ4n) is 25.2. The van der Waals surface area contributed by atoms with Gasteiger partial charge in [0.1, 0.15) is 38.2 Å². The van der Waals surface area contributed by atoms with E-state index >= 15 is 0 Å². The summed E-state index contributed by atoms with van der Waals surface area (Å²) in [6.07, 6.45) is 57.8. The average molecular weight is 2190 g/mol. The Balaban J connectivity index is 0.000000145. The number of allylic oxidation sites excluding steroid dienone is 3. The Morgan fingerprint density at radius 2 is 0.611 bits per heavy atom. The SMILES string of the molecule is CCCCC(CC)CC1(CC(CC)CCCC)c2cc(C)sc2-c2sc(-c3ccc(C)c4nsnc34)cc21.CCCCC(CC)CC1(CC(CC)CCCC)c2cc(C)sc2-c2sc(C3=CC=C(C)S3(=O)=O)cc21.CCCCCC[Si]1(CCCCCC)c2cc(C)sc2-c2sc(-c3ccc(C)c4nsnc34)cc21.CCCCCCc1cc(-c2cc3c(s2)-c2sc(C)cc2[Si]3(CCCCCC)CCCCCC)sc1C. The van der Waals surface area contributed by atoms with Crippen LogP contribution >= 0.6 is 125 Å². The normalized spacial score (nSPS) is 17.0. The van der Waals surface area contributed by atoms with Crippen molar-refractivity contribution in [3.63, 3.8) is 0 Å². The molecule has 18 rings (SSSR count). The van der Waals surface area contributed by atoms with Gasteiger partial charge in [-0.25, -0.2) is 8.42 Å². The van der Waals surface area contributed by atoms with Crippen LogP contribution < -0.4 is 20.7 Å². The van der Waals surface area contributed by atoms with E-state index in [1.165, 1.54) is 383 Å². The fourth-order valence-corrected chi connectivity index (χ4v) is 53.0. The lowest BCUT2D eigenvalue weighted by Crippen LogP contribution is -2.54. The van der Waals surface area contributed by atoms with Gasteiger partial charge in [-0.1, -0.05) is 339 Å². The molecule has 0 fully saturated rings. The zero-order valence-corrected chi connectivity index (χ0v) is 104. The first-order valence-corrected chi connectivity index (χ1v) is 72.1. The Kier molecular flexibility index (Phi) is 41.1. The molecule has 2 aromatic carbocycles. The first kappa shape index (κ1) is 113. The van der Waals surface area contributed by atoms with Crippen LogP contribution in [0, 0.1) is 72.1 Å². The molecule has 0 radical (unpaired) electrons. The molecule has 6 nitrogen and oxygen atoms in total. The van der Waals surface area contributed by atoms with E-state index in [1.807, 2.05) is 73.1 Å². The summed E-state index contributed by atoms with van der Waals surface area (Å²) in [5.74, 6) is 2.92. The minimum absolute atomic E-state index is 0.00158. The van der Waals surface area contributed by atoms with Crippen LogP contribution in [-0.4, -0.2) is 42.1 Å². The molecule has 0 saturated heterocycles. The van der Waals surface area contributed by atoms with E-state index in [9.17, 15) is 8.42 Å². The average Bonchev–Trinajstić information content (AvgIpc) is 1.51. The molecule has 0 saturated carbocycles. The second-order valence-corrected chi connectivity index (χ2v) is 66.1. The Morgan fingerprint density at radius 3 is 1.00 bits per heavy atom. The quantitative estimate of drug-likeness (QED) is 0.0279. The standard InChI is InChI=1S/C33H44N2S3.C32H48S3Si.C31H44O2S3.C28H36N2S3Si/c1-7-11-13-23(9-3)19-33(20-24(10-4)14-12-8-2)26-17-22(6)36-31(26)32-27(33)18-28(37-32)25-16-15-21(5)29-30(25)35-38-34-29;1-6-9-12-15-18-26-22-27(34-25(26)5)28-23-30-32(35-28)31-29(21-24(4)33-31)36(30,19-16-13-10-7-2)20-17-14-11-8-3;1-7-11-13-23(9-3)19-31(20-24(10-4)14-12-8-2)25-17-21(5)34-29(25)30-26(31)18-27(35-30)28-16-15-22(6)36(28,32)33;1-5-7-9-11-15-34(16-12-10-8-6-2)23-17-20(4)31-27(23)28-24(34)18-22(32-28)21-14-13-19(3)25-26(21)30-33-29-25/h15-18,23-24H,7-14,19-20H2,1-6H3;21-23H,6-20H2,1-5H3;15-18,23-24H,7-14,19-20H2,1-6H3;13-14,17-18H,5-12,15-16H2,1-4H3. The zero-order valence-electron chi connectivity index (χ0n) is 91.8. The number of thiophene rings is 9. The molecule has 0 bridgehead atoms. The summed E-state index contributed by atoms with van der Waals surface area (Å²) in [6.45, 7) is 48.1. The molecule has 144 heavy (non-hydrogen) atoms. The molecule has 780 valence electrons. The molecule has 5 aliphatic rings. The van der Waals surface area contributed by atoms with Crippen LogP contribution in [0.3, 0.4) is 0 Å². The van der Waals surface area contributed by atoms with Gasteiger partial charge in [0.15, 0.2) is 0 Å². The lowest BCUT2D eigenvalue weighted by molar-refractivity contribution is 0.266. The summed E-state index contributed by atoms with van der Waals surface area (Å²) >= 11 is 20.7. The number of aromatic nitrogens is 4.